The molecule has 1 N–H and O–H groups in total. The molecule has 0 spiro atoms. The van der Waals surface area contributed by atoms with Crippen LogP contribution in [-0.4, -0.2) is 32.3 Å². The molecule has 0 fully saturated rings. The molecule has 1 aromatic carbocycles. The number of carbonyl (C=O) groups excluding carboxylic acids is 1. The van der Waals surface area contributed by atoms with Crippen molar-refractivity contribution in [3.63, 3.8) is 0 Å². The Kier molecular flexibility index (Phi) is 6.01. The van der Waals surface area contributed by atoms with Crippen molar-refractivity contribution < 1.29 is 13.2 Å². The number of sulfonamides is 1. The van der Waals surface area contributed by atoms with Crippen molar-refractivity contribution in [2.45, 2.75) is 23.8 Å². The average molecular weight is 458 g/mol. The number of amides is 1. The van der Waals surface area contributed by atoms with Crippen molar-refractivity contribution in [1.29, 1.82) is 5.26 Å². The molecule has 1 atom stereocenters. The maximum atomic E-state index is 13.5. The Hall–Kier alpha value is -2.51. The highest BCUT2D eigenvalue weighted by molar-refractivity contribution is 7.89. The molecule has 6 nitrogen and oxygen atoms in total. The summed E-state index contributed by atoms with van der Waals surface area (Å²) in [4.78, 5) is 17.7. The van der Waals surface area contributed by atoms with Crippen LogP contribution in [0, 0.1) is 11.3 Å². The Morgan fingerprint density at radius 2 is 2.07 bits per heavy atom. The predicted molar refractivity (Wildman–Crippen MR) is 117 cm³/mol. The lowest BCUT2D eigenvalue weighted by Gasteiger charge is -2.35. The first-order valence-corrected chi connectivity index (χ1v) is 12.6. The lowest BCUT2D eigenvalue weighted by atomic mass is 9.97. The van der Waals surface area contributed by atoms with Gasteiger partial charge in [0, 0.05) is 34.8 Å². The van der Waals surface area contributed by atoms with Gasteiger partial charge in [-0.2, -0.15) is 5.26 Å². The van der Waals surface area contributed by atoms with Crippen LogP contribution in [0.4, 0.5) is 0 Å². The molecule has 1 amide bonds. The molecule has 1 aliphatic rings. The summed E-state index contributed by atoms with van der Waals surface area (Å²) in [5, 5.41) is 12.7. The molecule has 1 unspecified atom stereocenters. The van der Waals surface area contributed by atoms with Gasteiger partial charge in [0.15, 0.2) is 0 Å². The van der Waals surface area contributed by atoms with E-state index >= 15 is 0 Å². The van der Waals surface area contributed by atoms with Crippen LogP contribution in [0.3, 0.4) is 0 Å². The van der Waals surface area contributed by atoms with E-state index in [0.29, 0.717) is 12.1 Å². The summed E-state index contributed by atoms with van der Waals surface area (Å²) in [7, 11) is -3.78. The number of rotatable bonds is 6. The molecule has 0 bridgehead atoms. The molecule has 1 aliphatic heterocycles. The third-order valence-corrected chi connectivity index (χ3v) is 8.34. The summed E-state index contributed by atoms with van der Waals surface area (Å²) in [6, 6.07) is 13.9. The monoisotopic (exact) mass is 457 g/mol. The van der Waals surface area contributed by atoms with Crippen molar-refractivity contribution in [1.82, 2.24) is 9.62 Å². The number of nitrogens with zero attached hydrogens (tertiary/aromatic N) is 2. The fraction of sp³-hybridized carbons (Fsp3) is 0.238. The summed E-state index contributed by atoms with van der Waals surface area (Å²) in [5.41, 5.74) is 1.47. The third kappa shape index (κ3) is 4.04. The molecule has 9 heteroatoms. The highest BCUT2D eigenvalue weighted by Gasteiger charge is 2.34. The molecule has 0 saturated carbocycles. The minimum absolute atomic E-state index is 0.0206. The summed E-state index contributed by atoms with van der Waals surface area (Å²) >= 11 is 3.32. The van der Waals surface area contributed by atoms with E-state index in [2.05, 4.69) is 16.2 Å². The molecule has 0 radical (unpaired) electrons. The Balaban J connectivity index is 1.65. The van der Waals surface area contributed by atoms with Crippen LogP contribution in [0.2, 0.25) is 0 Å². The fourth-order valence-corrected chi connectivity index (χ4v) is 6.41. The first-order valence-electron chi connectivity index (χ1n) is 9.38. The average Bonchev–Trinajstić information content (AvgIpc) is 3.44. The fourth-order valence-electron chi connectivity index (χ4n) is 3.58. The van der Waals surface area contributed by atoms with Gasteiger partial charge in [0.2, 0.25) is 10.0 Å². The van der Waals surface area contributed by atoms with E-state index in [0.717, 1.165) is 16.9 Å². The van der Waals surface area contributed by atoms with E-state index in [1.807, 2.05) is 28.5 Å². The van der Waals surface area contributed by atoms with E-state index in [1.54, 1.807) is 34.8 Å². The quantitative estimate of drug-likeness (QED) is 0.570. The Morgan fingerprint density at radius 3 is 2.83 bits per heavy atom. The number of nitrogens with one attached hydrogen (secondary N) is 1. The van der Waals surface area contributed by atoms with E-state index in [4.69, 9.17) is 5.26 Å². The van der Waals surface area contributed by atoms with E-state index in [9.17, 15) is 13.2 Å². The molecular weight excluding hydrogens is 438 g/mol. The van der Waals surface area contributed by atoms with Crippen LogP contribution in [0.5, 0.6) is 0 Å². The number of nitriles is 1. The van der Waals surface area contributed by atoms with Crippen molar-refractivity contribution >= 4 is 38.6 Å². The minimum Gasteiger partial charge on any atom is -0.326 e. The maximum absolute atomic E-state index is 13.5. The summed E-state index contributed by atoms with van der Waals surface area (Å²) in [6.45, 7) is 0.608. The predicted octanol–water partition coefficient (Wildman–Crippen LogP) is 3.79. The number of thiophene rings is 2. The number of carbonyl (C=O) groups is 1. The number of hydrogen-bond acceptors (Lipinski definition) is 6. The van der Waals surface area contributed by atoms with Gasteiger partial charge in [0.25, 0.3) is 5.91 Å². The second-order valence-electron chi connectivity index (χ2n) is 6.80. The molecule has 2 aromatic heterocycles. The first kappa shape index (κ1) is 20.8. The number of fused-ring (bicyclic) bond motifs is 1. The molecular formula is C21H19N3O3S3. The Labute approximate surface area is 183 Å². The molecule has 3 heterocycles. The third-order valence-electron chi connectivity index (χ3n) is 4.96. The van der Waals surface area contributed by atoms with Gasteiger partial charge in [0.1, 0.15) is 0 Å². The van der Waals surface area contributed by atoms with Gasteiger partial charge in [-0.25, -0.2) is 13.1 Å². The van der Waals surface area contributed by atoms with Gasteiger partial charge in [0.05, 0.1) is 17.0 Å². The van der Waals surface area contributed by atoms with Crippen LogP contribution >= 0.6 is 22.7 Å². The second kappa shape index (κ2) is 8.70. The van der Waals surface area contributed by atoms with Crippen LogP contribution < -0.4 is 4.72 Å². The lowest BCUT2D eigenvalue weighted by molar-refractivity contribution is 0.0698. The highest BCUT2D eigenvalue weighted by Crippen LogP contribution is 2.40. The zero-order valence-corrected chi connectivity index (χ0v) is 18.4. The van der Waals surface area contributed by atoms with Crippen LogP contribution in [-0.2, 0) is 16.4 Å². The van der Waals surface area contributed by atoms with Crippen molar-refractivity contribution in [2.75, 3.05) is 13.1 Å². The van der Waals surface area contributed by atoms with Crippen molar-refractivity contribution in [3.05, 3.63) is 74.1 Å². The van der Waals surface area contributed by atoms with E-state index in [1.165, 1.54) is 17.0 Å². The van der Waals surface area contributed by atoms with Gasteiger partial charge in [-0.3, -0.25) is 4.79 Å². The van der Waals surface area contributed by atoms with Gasteiger partial charge >= 0.3 is 0 Å². The summed E-state index contributed by atoms with van der Waals surface area (Å²) in [5.74, 6) is -0.195. The summed E-state index contributed by atoms with van der Waals surface area (Å²) < 4.78 is 27.4. The zero-order valence-electron chi connectivity index (χ0n) is 15.9. The molecule has 3 aromatic rings. The topological polar surface area (TPSA) is 90.3 Å². The van der Waals surface area contributed by atoms with Crippen LogP contribution in [0.15, 0.2) is 58.1 Å². The Bertz CT molecular complexity index is 1190. The largest absolute Gasteiger partial charge is 0.326 e. The standard InChI is InChI=1S/C21H19N3O3S3/c22-9-3-10-23-30(26,27)16-5-1-4-15(14-16)21(25)24-11-7-18-17(8-13-29-18)20(24)19-6-2-12-28-19/h1-2,4-6,8,12-14,20,23H,3,7,10-11H2. The molecule has 4 rings (SSSR count). The number of benzene rings is 1. The van der Waals surface area contributed by atoms with Gasteiger partial charge in [-0.1, -0.05) is 12.1 Å². The SMILES string of the molecule is N#CCCNS(=O)(=O)c1cccc(C(=O)N2CCc3sccc3C2c2cccs2)c1. The Morgan fingerprint density at radius 1 is 1.20 bits per heavy atom. The number of hydrogen-bond donors (Lipinski definition) is 1. The van der Waals surface area contributed by atoms with Crippen LogP contribution in [0.25, 0.3) is 0 Å². The normalized spacial score (nSPS) is 16.1. The zero-order chi connectivity index (χ0) is 21.1. The molecule has 30 heavy (non-hydrogen) atoms. The van der Waals surface area contributed by atoms with Crippen molar-refractivity contribution in [3.8, 4) is 6.07 Å². The summed E-state index contributed by atoms with van der Waals surface area (Å²) in [6.07, 6.45) is 0.866. The first-order chi connectivity index (χ1) is 14.5. The van der Waals surface area contributed by atoms with Gasteiger partial charge in [-0.05, 0) is 53.1 Å². The molecule has 0 aliphatic carbocycles. The smallest absolute Gasteiger partial charge is 0.254 e. The van der Waals surface area contributed by atoms with Crippen molar-refractivity contribution in [2.24, 2.45) is 0 Å². The second-order valence-corrected chi connectivity index (χ2v) is 10.5. The highest BCUT2D eigenvalue weighted by atomic mass is 32.2. The van der Waals surface area contributed by atoms with Gasteiger partial charge < -0.3 is 4.90 Å². The lowest BCUT2D eigenvalue weighted by Crippen LogP contribution is -2.39. The van der Waals surface area contributed by atoms with Crippen LogP contribution in [0.1, 0.15) is 38.1 Å². The maximum Gasteiger partial charge on any atom is 0.254 e. The molecule has 154 valence electrons. The van der Waals surface area contributed by atoms with E-state index < -0.39 is 10.0 Å². The minimum atomic E-state index is -3.78. The molecule has 0 saturated heterocycles. The van der Waals surface area contributed by atoms with Gasteiger partial charge in [-0.15, -0.1) is 22.7 Å². The van der Waals surface area contributed by atoms with E-state index in [-0.39, 0.29) is 29.8 Å².